The minimum Gasteiger partial charge on any atom is -0.354 e. The van der Waals surface area contributed by atoms with Gasteiger partial charge in [-0.3, -0.25) is 9.69 Å². The first-order valence-electron chi connectivity index (χ1n) is 9.05. The molecule has 0 bridgehead atoms. The molecular weight excluding hydrogens is 316 g/mol. The van der Waals surface area contributed by atoms with Crippen LogP contribution in [0.4, 0.5) is 4.79 Å². The fourth-order valence-corrected chi connectivity index (χ4v) is 2.96. The topological polar surface area (TPSA) is 64.7 Å². The first-order valence-corrected chi connectivity index (χ1v) is 9.05. The Hall–Kier alpha value is -2.08. The highest BCUT2D eigenvalue weighted by molar-refractivity contribution is 5.87. The molecule has 3 amide bonds. The molecule has 0 unspecified atom stereocenters. The monoisotopic (exact) mass is 346 g/mol. The van der Waals surface area contributed by atoms with Crippen molar-refractivity contribution in [1.29, 1.82) is 0 Å². The van der Waals surface area contributed by atoms with E-state index in [4.69, 9.17) is 0 Å². The van der Waals surface area contributed by atoms with E-state index in [2.05, 4.69) is 41.6 Å². The van der Waals surface area contributed by atoms with Gasteiger partial charge in [0.15, 0.2) is 0 Å². The maximum absolute atomic E-state index is 12.4. The van der Waals surface area contributed by atoms with Gasteiger partial charge in [-0.15, -0.1) is 0 Å². The number of benzene rings is 1. The molecule has 1 aliphatic heterocycles. The van der Waals surface area contributed by atoms with Crippen LogP contribution in [0.25, 0.3) is 0 Å². The predicted octanol–water partition coefficient (Wildman–Crippen LogP) is 1.82. The van der Waals surface area contributed by atoms with E-state index < -0.39 is 6.04 Å². The molecule has 1 aromatic rings. The van der Waals surface area contributed by atoms with Gasteiger partial charge in [0, 0.05) is 32.2 Å². The molecule has 0 saturated carbocycles. The van der Waals surface area contributed by atoms with Crippen LogP contribution in [0.5, 0.6) is 0 Å². The Morgan fingerprint density at radius 2 is 2.12 bits per heavy atom. The van der Waals surface area contributed by atoms with Crippen molar-refractivity contribution in [1.82, 2.24) is 20.4 Å². The summed E-state index contributed by atoms with van der Waals surface area (Å²) in [5.74, 6) is -0.0800. The molecule has 1 aromatic carbocycles. The Morgan fingerprint density at radius 1 is 1.40 bits per heavy atom. The number of urea groups is 1. The van der Waals surface area contributed by atoms with E-state index in [-0.39, 0.29) is 11.9 Å². The van der Waals surface area contributed by atoms with Gasteiger partial charge in [0.1, 0.15) is 6.04 Å². The van der Waals surface area contributed by atoms with E-state index >= 15 is 0 Å². The van der Waals surface area contributed by atoms with Gasteiger partial charge in [0.05, 0.1) is 0 Å². The lowest BCUT2D eigenvalue weighted by molar-refractivity contribution is -0.124. The summed E-state index contributed by atoms with van der Waals surface area (Å²) in [5, 5.41) is 5.79. The quantitative estimate of drug-likeness (QED) is 0.826. The molecule has 0 spiro atoms. The minimum absolute atomic E-state index is 0.0800. The minimum atomic E-state index is -0.416. The number of nitrogens with zero attached hydrogens (tertiary/aromatic N) is 2. The van der Waals surface area contributed by atoms with Gasteiger partial charge >= 0.3 is 6.03 Å². The summed E-state index contributed by atoms with van der Waals surface area (Å²) in [6.45, 7) is 6.67. The molecule has 0 radical (unpaired) electrons. The van der Waals surface area contributed by atoms with Crippen LogP contribution in [-0.4, -0.2) is 60.5 Å². The number of rotatable bonds is 6. The van der Waals surface area contributed by atoms with Crippen LogP contribution in [0.1, 0.15) is 32.3 Å². The number of nitrogens with one attached hydrogen (secondary N) is 2. The summed E-state index contributed by atoms with van der Waals surface area (Å²) in [6, 6.07) is 10.1. The largest absolute Gasteiger partial charge is 0.354 e. The third-order valence-corrected chi connectivity index (χ3v) is 4.85. The number of amides is 3. The van der Waals surface area contributed by atoms with Crippen LogP contribution >= 0.6 is 0 Å². The smallest absolute Gasteiger partial charge is 0.318 e. The third kappa shape index (κ3) is 5.74. The molecule has 6 heteroatoms. The molecule has 2 atom stereocenters. The van der Waals surface area contributed by atoms with Crippen molar-refractivity contribution in [3.8, 4) is 0 Å². The summed E-state index contributed by atoms with van der Waals surface area (Å²) in [4.78, 5) is 28.1. The molecule has 138 valence electrons. The normalized spacial score (nSPS) is 19.3. The lowest BCUT2D eigenvalue weighted by atomic mass is 10.1. The van der Waals surface area contributed by atoms with Crippen molar-refractivity contribution < 1.29 is 9.59 Å². The molecule has 1 aliphatic rings. The zero-order valence-electron chi connectivity index (χ0n) is 15.5. The van der Waals surface area contributed by atoms with Crippen molar-refractivity contribution in [2.24, 2.45) is 0 Å². The van der Waals surface area contributed by atoms with Crippen LogP contribution in [0, 0.1) is 0 Å². The van der Waals surface area contributed by atoms with E-state index in [0.717, 1.165) is 19.4 Å². The van der Waals surface area contributed by atoms with Gasteiger partial charge in [-0.05, 0) is 39.3 Å². The van der Waals surface area contributed by atoms with E-state index in [1.54, 1.807) is 11.8 Å². The molecule has 0 aromatic heterocycles. The summed E-state index contributed by atoms with van der Waals surface area (Å²) < 4.78 is 0. The molecule has 2 N–H and O–H groups in total. The number of hydrogen-bond donors (Lipinski definition) is 2. The standard InChI is InChI=1S/C19H30N4O2/c1-15(22(3)14-17-8-5-4-6-9-17)10-12-21-19(25)23-13-7-11-20-18(24)16(23)2/h4-6,8-9,15-16H,7,10-14H2,1-3H3,(H,20,24)(H,21,25)/t15-,16-/m0/s1. The fraction of sp³-hybridized carbons (Fsp3) is 0.579. The van der Waals surface area contributed by atoms with Crippen LogP contribution in [-0.2, 0) is 11.3 Å². The Morgan fingerprint density at radius 3 is 2.84 bits per heavy atom. The van der Waals surface area contributed by atoms with Gasteiger partial charge in [-0.25, -0.2) is 4.79 Å². The van der Waals surface area contributed by atoms with Crippen molar-refractivity contribution in [3.05, 3.63) is 35.9 Å². The molecular formula is C19H30N4O2. The molecule has 6 nitrogen and oxygen atoms in total. The van der Waals surface area contributed by atoms with E-state index in [0.29, 0.717) is 25.7 Å². The predicted molar refractivity (Wildman–Crippen MR) is 99.2 cm³/mol. The molecule has 1 fully saturated rings. The zero-order chi connectivity index (χ0) is 18.2. The van der Waals surface area contributed by atoms with Gasteiger partial charge in [-0.1, -0.05) is 30.3 Å². The summed E-state index contributed by atoms with van der Waals surface area (Å²) in [6.07, 6.45) is 1.66. The SMILES string of the molecule is C[C@@H](CCNC(=O)N1CCCNC(=O)[C@@H]1C)N(C)Cc1ccccc1. The Labute approximate surface area is 150 Å². The van der Waals surface area contributed by atoms with E-state index in [1.807, 2.05) is 18.2 Å². The molecule has 2 rings (SSSR count). The first-order chi connectivity index (χ1) is 12.0. The highest BCUT2D eigenvalue weighted by atomic mass is 16.2. The second kappa shape index (κ2) is 9.42. The lowest BCUT2D eigenvalue weighted by Gasteiger charge is -2.27. The first kappa shape index (κ1) is 19.2. The second-order valence-corrected chi connectivity index (χ2v) is 6.78. The van der Waals surface area contributed by atoms with Crippen LogP contribution in [0.2, 0.25) is 0 Å². The Balaban J connectivity index is 1.75. The highest BCUT2D eigenvalue weighted by Gasteiger charge is 2.27. The van der Waals surface area contributed by atoms with Gasteiger partial charge < -0.3 is 15.5 Å². The van der Waals surface area contributed by atoms with Crippen molar-refractivity contribution in [2.45, 2.75) is 45.3 Å². The summed E-state index contributed by atoms with van der Waals surface area (Å²) in [7, 11) is 2.10. The van der Waals surface area contributed by atoms with Crippen molar-refractivity contribution in [2.75, 3.05) is 26.7 Å². The van der Waals surface area contributed by atoms with Crippen molar-refractivity contribution >= 4 is 11.9 Å². The average Bonchev–Trinajstić information content (AvgIpc) is 2.77. The van der Waals surface area contributed by atoms with Crippen LogP contribution in [0.3, 0.4) is 0 Å². The summed E-state index contributed by atoms with van der Waals surface area (Å²) in [5.41, 5.74) is 1.28. The maximum Gasteiger partial charge on any atom is 0.318 e. The summed E-state index contributed by atoms with van der Waals surface area (Å²) >= 11 is 0. The molecule has 1 heterocycles. The zero-order valence-corrected chi connectivity index (χ0v) is 15.5. The molecule has 1 saturated heterocycles. The third-order valence-electron chi connectivity index (χ3n) is 4.85. The van der Waals surface area contributed by atoms with Crippen molar-refractivity contribution in [3.63, 3.8) is 0 Å². The fourth-order valence-electron chi connectivity index (χ4n) is 2.96. The van der Waals surface area contributed by atoms with Crippen LogP contribution in [0.15, 0.2) is 30.3 Å². The van der Waals surface area contributed by atoms with Gasteiger partial charge in [0.25, 0.3) is 0 Å². The highest BCUT2D eigenvalue weighted by Crippen LogP contribution is 2.09. The number of carbonyl (C=O) groups is 2. The Kier molecular flexibility index (Phi) is 7.25. The second-order valence-electron chi connectivity index (χ2n) is 6.78. The molecule has 25 heavy (non-hydrogen) atoms. The van der Waals surface area contributed by atoms with Crippen LogP contribution < -0.4 is 10.6 Å². The van der Waals surface area contributed by atoms with E-state index in [9.17, 15) is 9.59 Å². The van der Waals surface area contributed by atoms with Gasteiger partial charge in [-0.2, -0.15) is 0 Å². The van der Waals surface area contributed by atoms with Gasteiger partial charge in [0.2, 0.25) is 5.91 Å². The Bertz CT molecular complexity index is 564. The van der Waals surface area contributed by atoms with E-state index in [1.165, 1.54) is 5.56 Å². The lowest BCUT2D eigenvalue weighted by Crippen LogP contribution is -2.49. The number of hydrogen-bond acceptors (Lipinski definition) is 3. The molecule has 0 aliphatic carbocycles. The number of carbonyl (C=O) groups excluding carboxylic acids is 2. The average molecular weight is 346 g/mol. The maximum atomic E-state index is 12.4.